The molecule has 1 aliphatic heterocycles. The average molecular weight is 243 g/mol. The van der Waals surface area contributed by atoms with E-state index in [0.717, 1.165) is 5.92 Å². The lowest BCUT2D eigenvalue weighted by Gasteiger charge is -2.20. The van der Waals surface area contributed by atoms with E-state index < -0.39 is 9.84 Å². The minimum Gasteiger partial charge on any atom is -0.307 e. The molecule has 3 unspecified atom stereocenters. The molecule has 0 aromatic rings. The molecule has 2 rings (SSSR count). The third-order valence-corrected chi connectivity index (χ3v) is 5.03. The Bertz CT molecular complexity index is 361. The van der Waals surface area contributed by atoms with Crippen LogP contribution in [0, 0.1) is 5.92 Å². The molecule has 1 aliphatic carbocycles. The smallest absolute Gasteiger partial charge is 0.173 e. The van der Waals surface area contributed by atoms with Crippen molar-refractivity contribution in [3.8, 4) is 0 Å². The van der Waals surface area contributed by atoms with Gasteiger partial charge in [0.25, 0.3) is 0 Å². The van der Waals surface area contributed by atoms with Gasteiger partial charge in [-0.3, -0.25) is 0 Å². The fourth-order valence-corrected chi connectivity index (χ4v) is 3.88. The fourth-order valence-electron chi connectivity index (χ4n) is 2.64. The van der Waals surface area contributed by atoms with Crippen molar-refractivity contribution >= 4 is 9.84 Å². The van der Waals surface area contributed by atoms with Crippen molar-refractivity contribution in [3.63, 3.8) is 0 Å². The van der Waals surface area contributed by atoms with E-state index in [-0.39, 0.29) is 11.8 Å². The Balaban J connectivity index is 1.84. The van der Waals surface area contributed by atoms with Gasteiger partial charge in [-0.25, -0.2) is 8.42 Å². The highest BCUT2D eigenvalue weighted by Gasteiger charge is 2.24. The van der Waals surface area contributed by atoms with Crippen LogP contribution in [-0.4, -0.2) is 26.3 Å². The van der Waals surface area contributed by atoms with E-state index in [2.05, 4.69) is 12.2 Å². The summed E-state index contributed by atoms with van der Waals surface area (Å²) >= 11 is 0. The quantitative estimate of drug-likeness (QED) is 0.753. The molecule has 0 aromatic carbocycles. The van der Waals surface area contributed by atoms with Gasteiger partial charge < -0.3 is 5.32 Å². The van der Waals surface area contributed by atoms with Gasteiger partial charge in [-0.15, -0.1) is 0 Å². The van der Waals surface area contributed by atoms with Gasteiger partial charge in [0.05, 0.1) is 5.75 Å². The van der Waals surface area contributed by atoms with E-state index in [1.54, 1.807) is 6.08 Å². The third-order valence-electron chi connectivity index (χ3n) is 3.64. The standard InChI is InChI=1S/C12H21NO2S/c1-10-3-2-4-11(6-5-10)13-12-7-8-16(14,15)9-12/h7-8,10-13H,2-6,9H2,1H3. The predicted octanol–water partition coefficient (Wildman–Crippen LogP) is 1.86. The monoisotopic (exact) mass is 243 g/mol. The van der Waals surface area contributed by atoms with E-state index in [1.807, 2.05) is 0 Å². The van der Waals surface area contributed by atoms with Gasteiger partial charge in [0.2, 0.25) is 0 Å². The summed E-state index contributed by atoms with van der Waals surface area (Å²) in [5.74, 6) is 1.08. The second-order valence-electron chi connectivity index (χ2n) is 5.24. The Morgan fingerprint density at radius 2 is 2.00 bits per heavy atom. The molecule has 3 nitrogen and oxygen atoms in total. The lowest BCUT2D eigenvalue weighted by Crippen LogP contribution is -2.38. The Morgan fingerprint density at radius 1 is 1.19 bits per heavy atom. The fraction of sp³-hybridized carbons (Fsp3) is 0.833. The number of rotatable bonds is 2. The summed E-state index contributed by atoms with van der Waals surface area (Å²) in [4.78, 5) is 0. The van der Waals surface area contributed by atoms with Gasteiger partial charge in [0.15, 0.2) is 9.84 Å². The second kappa shape index (κ2) is 4.88. The normalized spacial score (nSPS) is 38.4. The first-order valence-corrected chi connectivity index (χ1v) is 7.94. The molecule has 16 heavy (non-hydrogen) atoms. The molecule has 1 N–H and O–H groups in total. The first-order chi connectivity index (χ1) is 7.55. The van der Waals surface area contributed by atoms with E-state index >= 15 is 0 Å². The molecule has 0 saturated heterocycles. The van der Waals surface area contributed by atoms with Crippen molar-refractivity contribution < 1.29 is 8.42 Å². The zero-order valence-corrected chi connectivity index (χ0v) is 10.7. The maximum absolute atomic E-state index is 11.3. The zero-order chi connectivity index (χ0) is 11.6. The molecule has 4 heteroatoms. The van der Waals surface area contributed by atoms with Gasteiger partial charge in [0.1, 0.15) is 0 Å². The molecule has 0 amide bonds. The van der Waals surface area contributed by atoms with E-state index in [0.29, 0.717) is 6.04 Å². The summed E-state index contributed by atoms with van der Waals surface area (Å²) in [5.41, 5.74) is 0. The highest BCUT2D eigenvalue weighted by atomic mass is 32.2. The summed E-state index contributed by atoms with van der Waals surface area (Å²) in [5, 5.41) is 4.82. The highest BCUT2D eigenvalue weighted by molar-refractivity contribution is 7.94. The van der Waals surface area contributed by atoms with Crippen LogP contribution in [0.4, 0.5) is 0 Å². The maximum atomic E-state index is 11.3. The Hall–Kier alpha value is -0.350. The minimum atomic E-state index is -2.91. The molecule has 92 valence electrons. The number of sulfone groups is 1. The molecule has 1 heterocycles. The van der Waals surface area contributed by atoms with E-state index in [4.69, 9.17) is 0 Å². The molecule has 1 saturated carbocycles. The third kappa shape index (κ3) is 3.32. The van der Waals surface area contributed by atoms with Crippen molar-refractivity contribution in [3.05, 3.63) is 11.5 Å². The van der Waals surface area contributed by atoms with Crippen LogP contribution in [0.3, 0.4) is 0 Å². The van der Waals surface area contributed by atoms with Crippen molar-refractivity contribution in [2.75, 3.05) is 5.75 Å². The molecule has 1 fully saturated rings. The summed E-state index contributed by atoms with van der Waals surface area (Å²) in [7, 11) is -2.91. The van der Waals surface area contributed by atoms with Crippen LogP contribution in [0.2, 0.25) is 0 Å². The SMILES string of the molecule is CC1CCCC(NC2C=CS(=O)(=O)C2)CC1. The van der Waals surface area contributed by atoms with E-state index in [1.165, 1.54) is 37.5 Å². The maximum Gasteiger partial charge on any atom is 0.173 e. The van der Waals surface area contributed by atoms with Crippen molar-refractivity contribution in [1.29, 1.82) is 0 Å². The highest BCUT2D eigenvalue weighted by Crippen LogP contribution is 2.23. The molecule has 0 spiro atoms. The number of nitrogens with one attached hydrogen (secondary N) is 1. The van der Waals surface area contributed by atoms with Gasteiger partial charge in [-0.05, 0) is 25.2 Å². The summed E-state index contributed by atoms with van der Waals surface area (Å²) in [6.45, 7) is 2.31. The lowest BCUT2D eigenvalue weighted by molar-refractivity contribution is 0.432. The topological polar surface area (TPSA) is 46.2 Å². The Labute approximate surface area is 98.2 Å². The van der Waals surface area contributed by atoms with Crippen LogP contribution in [0.25, 0.3) is 0 Å². The van der Waals surface area contributed by atoms with Crippen molar-refractivity contribution in [2.45, 2.75) is 51.1 Å². The first-order valence-electron chi connectivity index (χ1n) is 6.22. The van der Waals surface area contributed by atoms with Gasteiger partial charge in [-0.1, -0.05) is 25.8 Å². The molecule has 0 aromatic heterocycles. The van der Waals surface area contributed by atoms with Gasteiger partial charge in [0, 0.05) is 17.5 Å². The van der Waals surface area contributed by atoms with Crippen LogP contribution >= 0.6 is 0 Å². The largest absolute Gasteiger partial charge is 0.307 e. The van der Waals surface area contributed by atoms with E-state index in [9.17, 15) is 8.42 Å². The van der Waals surface area contributed by atoms with Crippen LogP contribution in [0.1, 0.15) is 39.0 Å². The molecule has 0 radical (unpaired) electrons. The zero-order valence-electron chi connectivity index (χ0n) is 9.85. The van der Waals surface area contributed by atoms with Crippen LogP contribution in [0.15, 0.2) is 11.5 Å². The first kappa shape index (κ1) is 12.1. The molecular weight excluding hydrogens is 222 g/mol. The van der Waals surface area contributed by atoms with Crippen molar-refractivity contribution in [2.24, 2.45) is 5.92 Å². The van der Waals surface area contributed by atoms with Gasteiger partial charge in [-0.2, -0.15) is 0 Å². The molecule has 0 bridgehead atoms. The lowest BCUT2D eigenvalue weighted by atomic mass is 10.0. The Kier molecular flexibility index (Phi) is 3.70. The molecular formula is C12H21NO2S. The molecule has 2 aliphatic rings. The summed E-state index contributed by atoms with van der Waals surface area (Å²) in [6, 6.07) is 0.552. The molecule has 3 atom stereocenters. The minimum absolute atomic E-state index is 0.0448. The van der Waals surface area contributed by atoms with Crippen LogP contribution < -0.4 is 5.32 Å². The summed E-state index contributed by atoms with van der Waals surface area (Å²) in [6.07, 6.45) is 8.02. The van der Waals surface area contributed by atoms with Gasteiger partial charge >= 0.3 is 0 Å². The summed E-state index contributed by atoms with van der Waals surface area (Å²) < 4.78 is 22.6. The number of hydrogen-bond donors (Lipinski definition) is 1. The van der Waals surface area contributed by atoms with Crippen LogP contribution in [0.5, 0.6) is 0 Å². The Morgan fingerprint density at radius 3 is 2.69 bits per heavy atom. The number of hydrogen-bond acceptors (Lipinski definition) is 3. The second-order valence-corrected chi connectivity index (χ2v) is 7.17. The van der Waals surface area contributed by atoms with Crippen molar-refractivity contribution in [1.82, 2.24) is 5.32 Å². The van der Waals surface area contributed by atoms with Crippen LogP contribution in [-0.2, 0) is 9.84 Å². The average Bonchev–Trinajstić information content (AvgIpc) is 2.41. The predicted molar refractivity (Wildman–Crippen MR) is 65.9 cm³/mol.